The zero-order valence-electron chi connectivity index (χ0n) is 20.8. The van der Waals surface area contributed by atoms with Gasteiger partial charge in [0.2, 0.25) is 0 Å². The average molecular weight is 499 g/mol. The van der Waals surface area contributed by atoms with Crippen LogP contribution < -0.4 is 4.74 Å². The van der Waals surface area contributed by atoms with Crippen LogP contribution in [0.1, 0.15) is 57.2 Å². The second-order valence-corrected chi connectivity index (χ2v) is 9.09. The lowest BCUT2D eigenvalue weighted by Crippen LogP contribution is -2.33. The van der Waals surface area contributed by atoms with Gasteiger partial charge in [-0.25, -0.2) is 0 Å². The van der Waals surface area contributed by atoms with Crippen LogP contribution in [0.3, 0.4) is 0 Å². The summed E-state index contributed by atoms with van der Waals surface area (Å²) in [5, 5.41) is 11.8. The maximum atomic E-state index is 13.2. The first kappa shape index (κ1) is 26.8. The van der Waals surface area contributed by atoms with E-state index in [0.29, 0.717) is 41.5 Å². The van der Waals surface area contributed by atoms with E-state index < -0.39 is 17.7 Å². The van der Waals surface area contributed by atoms with Crippen LogP contribution in [-0.4, -0.2) is 59.4 Å². The number of likely N-dealkylation sites (tertiary alicyclic amines) is 1. The van der Waals surface area contributed by atoms with Crippen LogP contribution in [0, 0.1) is 0 Å². The quantitative estimate of drug-likeness (QED) is 0.177. The summed E-state index contributed by atoms with van der Waals surface area (Å²) in [6.07, 6.45) is 2.65. The van der Waals surface area contributed by atoms with E-state index in [0.717, 1.165) is 32.5 Å². The molecule has 1 heterocycles. The maximum absolute atomic E-state index is 13.2. The summed E-state index contributed by atoms with van der Waals surface area (Å²) in [5.74, 6) is -0.894. The Morgan fingerprint density at radius 1 is 1.06 bits per heavy atom. The fraction of sp³-hybridized carbons (Fsp3) is 0.429. The molecule has 1 aliphatic heterocycles. The number of unbranched alkanes of at least 4 members (excludes halogenated alkanes) is 1. The Hall–Kier alpha value is -2.83. The van der Waals surface area contributed by atoms with Crippen LogP contribution in [0.4, 0.5) is 0 Å². The predicted octanol–water partition coefficient (Wildman–Crippen LogP) is 5.67. The van der Waals surface area contributed by atoms with Gasteiger partial charge in [0.15, 0.2) is 0 Å². The number of nitrogens with zero attached hydrogens (tertiary/aromatic N) is 2. The van der Waals surface area contributed by atoms with Crippen molar-refractivity contribution in [3.8, 4) is 5.75 Å². The normalized spacial score (nSPS) is 17.4. The number of rotatable bonds is 12. The van der Waals surface area contributed by atoms with Crippen molar-refractivity contribution in [2.75, 3.05) is 32.8 Å². The number of carbonyl (C=O) groups is 2. The Balaban J connectivity index is 1.99. The predicted molar refractivity (Wildman–Crippen MR) is 140 cm³/mol. The molecule has 0 radical (unpaired) electrons. The summed E-state index contributed by atoms with van der Waals surface area (Å²) >= 11 is 6.26. The van der Waals surface area contributed by atoms with Crippen LogP contribution in [0.25, 0.3) is 5.76 Å². The van der Waals surface area contributed by atoms with Crippen molar-refractivity contribution in [2.45, 2.75) is 46.1 Å². The molecule has 2 aromatic rings. The number of ether oxygens (including phenoxy) is 1. The lowest BCUT2D eigenvalue weighted by molar-refractivity contribution is -0.140. The summed E-state index contributed by atoms with van der Waals surface area (Å²) in [6, 6.07) is 13.4. The van der Waals surface area contributed by atoms with Crippen LogP contribution in [0.15, 0.2) is 54.1 Å². The minimum Gasteiger partial charge on any atom is -0.507 e. The van der Waals surface area contributed by atoms with Crippen LogP contribution >= 0.6 is 11.6 Å². The summed E-state index contributed by atoms with van der Waals surface area (Å²) in [5.41, 5.74) is 1.20. The van der Waals surface area contributed by atoms with Crippen LogP contribution in [-0.2, 0) is 9.59 Å². The van der Waals surface area contributed by atoms with E-state index in [4.69, 9.17) is 16.3 Å². The zero-order chi connectivity index (χ0) is 25.4. The molecule has 1 aliphatic rings. The van der Waals surface area contributed by atoms with E-state index in [1.807, 2.05) is 12.1 Å². The van der Waals surface area contributed by atoms with Crippen molar-refractivity contribution >= 4 is 29.1 Å². The highest BCUT2D eigenvalue weighted by Crippen LogP contribution is 2.40. The number of hydrogen-bond donors (Lipinski definition) is 1. The molecule has 3 rings (SSSR count). The summed E-state index contributed by atoms with van der Waals surface area (Å²) in [4.78, 5) is 30.2. The fourth-order valence-electron chi connectivity index (χ4n) is 4.36. The Labute approximate surface area is 213 Å². The molecule has 1 amide bonds. The SMILES string of the molecule is CCCCOc1cccc(/C(O)=C2\C(=O)C(=O)N(CCCN(CC)CC)C2c2cccc(Cl)c2)c1. The second-order valence-electron chi connectivity index (χ2n) is 8.66. The third-order valence-electron chi connectivity index (χ3n) is 6.35. The Morgan fingerprint density at radius 2 is 1.80 bits per heavy atom. The highest BCUT2D eigenvalue weighted by molar-refractivity contribution is 6.46. The van der Waals surface area contributed by atoms with E-state index in [2.05, 4.69) is 25.7 Å². The van der Waals surface area contributed by atoms with Gasteiger partial charge < -0.3 is 19.6 Å². The van der Waals surface area contributed by atoms with Gasteiger partial charge in [-0.3, -0.25) is 9.59 Å². The number of aliphatic hydroxyl groups excluding tert-OH is 1. The number of halogens is 1. The highest BCUT2D eigenvalue weighted by Gasteiger charge is 2.45. The first-order valence-electron chi connectivity index (χ1n) is 12.4. The van der Waals surface area contributed by atoms with Gasteiger partial charge in [-0.15, -0.1) is 0 Å². The number of Topliss-reactive ketones (excluding diaryl/α,β-unsaturated/α-hetero) is 1. The smallest absolute Gasteiger partial charge is 0.295 e. The molecule has 35 heavy (non-hydrogen) atoms. The van der Waals surface area contributed by atoms with E-state index in [1.54, 1.807) is 41.3 Å². The van der Waals surface area contributed by atoms with E-state index in [1.165, 1.54) is 0 Å². The second kappa shape index (κ2) is 12.8. The summed E-state index contributed by atoms with van der Waals surface area (Å²) < 4.78 is 5.77. The van der Waals surface area contributed by atoms with Gasteiger partial charge in [0.25, 0.3) is 11.7 Å². The zero-order valence-corrected chi connectivity index (χ0v) is 21.6. The summed E-state index contributed by atoms with van der Waals surface area (Å²) in [6.45, 7) is 9.91. The van der Waals surface area contributed by atoms with Crippen molar-refractivity contribution in [3.63, 3.8) is 0 Å². The molecule has 1 saturated heterocycles. The summed E-state index contributed by atoms with van der Waals surface area (Å²) in [7, 11) is 0. The van der Waals surface area contributed by atoms with Crippen molar-refractivity contribution in [1.29, 1.82) is 0 Å². The number of carbonyl (C=O) groups excluding carboxylic acids is 2. The maximum Gasteiger partial charge on any atom is 0.295 e. The standard InChI is InChI=1S/C28H35ClN2O4/c1-4-7-17-35-23-14-9-12-21(19-23)26(32)24-25(20-11-8-13-22(29)18-20)31(28(34)27(24)33)16-10-15-30(5-2)6-3/h8-9,11-14,18-19,25,32H,4-7,10,15-17H2,1-3H3/b26-24+. The van der Waals surface area contributed by atoms with Crippen molar-refractivity contribution in [2.24, 2.45) is 0 Å². The monoisotopic (exact) mass is 498 g/mol. The topological polar surface area (TPSA) is 70.1 Å². The number of hydrogen-bond acceptors (Lipinski definition) is 5. The fourth-order valence-corrected chi connectivity index (χ4v) is 4.56. The molecule has 1 atom stereocenters. The number of ketones is 1. The Bertz CT molecular complexity index is 1060. The first-order chi connectivity index (χ1) is 16.9. The molecule has 0 aromatic heterocycles. The van der Waals surface area contributed by atoms with Gasteiger partial charge >= 0.3 is 0 Å². The van der Waals surface area contributed by atoms with E-state index >= 15 is 0 Å². The molecule has 1 N–H and O–H groups in total. The largest absolute Gasteiger partial charge is 0.507 e. The van der Waals surface area contributed by atoms with Crippen molar-refractivity contribution < 1.29 is 19.4 Å². The molecular weight excluding hydrogens is 464 g/mol. The lowest BCUT2D eigenvalue weighted by Gasteiger charge is -2.27. The van der Waals surface area contributed by atoms with Crippen molar-refractivity contribution in [3.05, 3.63) is 70.3 Å². The van der Waals surface area contributed by atoms with Gasteiger partial charge in [-0.2, -0.15) is 0 Å². The molecular formula is C28H35ClN2O4. The van der Waals surface area contributed by atoms with Gasteiger partial charge in [0.05, 0.1) is 18.2 Å². The molecule has 0 saturated carbocycles. The third-order valence-corrected chi connectivity index (χ3v) is 6.58. The highest BCUT2D eigenvalue weighted by atomic mass is 35.5. The number of amides is 1. The van der Waals surface area contributed by atoms with Gasteiger partial charge in [-0.05, 0) is 62.3 Å². The van der Waals surface area contributed by atoms with Crippen LogP contribution in [0.2, 0.25) is 5.02 Å². The molecule has 188 valence electrons. The lowest BCUT2D eigenvalue weighted by atomic mass is 9.95. The van der Waals surface area contributed by atoms with E-state index in [-0.39, 0.29) is 11.3 Å². The molecule has 7 heteroatoms. The number of aliphatic hydroxyl groups is 1. The minimum atomic E-state index is -0.713. The van der Waals surface area contributed by atoms with Gasteiger partial charge in [0.1, 0.15) is 11.5 Å². The molecule has 0 aliphatic carbocycles. The van der Waals surface area contributed by atoms with Gasteiger partial charge in [-0.1, -0.05) is 63.1 Å². The Morgan fingerprint density at radius 3 is 2.49 bits per heavy atom. The minimum absolute atomic E-state index is 0.0748. The van der Waals surface area contributed by atoms with E-state index in [9.17, 15) is 14.7 Å². The molecule has 0 spiro atoms. The molecule has 0 bridgehead atoms. The van der Waals surface area contributed by atoms with Gasteiger partial charge in [0, 0.05) is 17.1 Å². The van der Waals surface area contributed by atoms with Crippen molar-refractivity contribution in [1.82, 2.24) is 9.80 Å². The Kier molecular flexibility index (Phi) is 9.75. The molecule has 1 fully saturated rings. The third kappa shape index (κ3) is 6.44. The number of benzene rings is 2. The molecule has 1 unspecified atom stereocenters. The molecule has 2 aromatic carbocycles. The van der Waals surface area contributed by atoms with Crippen LogP contribution in [0.5, 0.6) is 5.75 Å². The average Bonchev–Trinajstić information content (AvgIpc) is 3.11. The molecule has 6 nitrogen and oxygen atoms in total. The first-order valence-corrected chi connectivity index (χ1v) is 12.8.